The fourth-order valence-electron chi connectivity index (χ4n) is 2.23. The Bertz CT molecular complexity index is 842. The van der Waals surface area contributed by atoms with E-state index in [0.717, 1.165) is 4.90 Å². The molecule has 7 nitrogen and oxygen atoms in total. The molecule has 9 heteroatoms. The number of hydrogen-bond acceptors (Lipinski definition) is 4. The molecule has 0 spiro atoms. The maximum absolute atomic E-state index is 12.8. The summed E-state index contributed by atoms with van der Waals surface area (Å²) in [6.07, 6.45) is -0.842. The van der Waals surface area contributed by atoms with Gasteiger partial charge in [0, 0.05) is 24.3 Å². The number of nitrogens with zero attached hydrogens (tertiary/aromatic N) is 1. The second kappa shape index (κ2) is 8.95. The van der Waals surface area contributed by atoms with E-state index in [0.29, 0.717) is 17.7 Å². The van der Waals surface area contributed by atoms with Gasteiger partial charge in [-0.25, -0.2) is 17.6 Å². The third-order valence-electron chi connectivity index (χ3n) is 3.55. The average Bonchev–Trinajstić information content (AvgIpc) is 2.62. The molecule has 138 valence electrons. The molecule has 0 unspecified atom stereocenters. The van der Waals surface area contributed by atoms with Gasteiger partial charge in [0.2, 0.25) is 0 Å². The number of carbonyl (C=O) groups is 2. The third kappa shape index (κ3) is 5.28. The van der Waals surface area contributed by atoms with Crippen molar-refractivity contribution in [1.29, 1.82) is 0 Å². The molecule has 0 aliphatic rings. The predicted molar refractivity (Wildman–Crippen MR) is 93.7 cm³/mol. The van der Waals surface area contributed by atoms with Gasteiger partial charge in [-0.1, -0.05) is 0 Å². The molecule has 0 aliphatic heterocycles. The van der Waals surface area contributed by atoms with E-state index in [-0.39, 0.29) is 23.9 Å². The molecule has 0 radical (unpaired) electrons. The van der Waals surface area contributed by atoms with Gasteiger partial charge in [0.15, 0.2) is 10.7 Å². The highest BCUT2D eigenvalue weighted by molar-refractivity contribution is 7.72. The summed E-state index contributed by atoms with van der Waals surface area (Å²) < 4.78 is 34.6. The Hall–Kier alpha value is -2.94. The highest BCUT2D eigenvalue weighted by Crippen LogP contribution is 2.16. The highest BCUT2D eigenvalue weighted by Gasteiger charge is 2.14. The summed E-state index contributed by atoms with van der Waals surface area (Å²) in [6, 6.07) is 10.5. The number of hydrogen-bond donors (Lipinski definition) is 3. The lowest BCUT2D eigenvalue weighted by Gasteiger charge is -2.19. The number of thiol groups is 1. The molecule has 2 N–H and O–H groups in total. The van der Waals surface area contributed by atoms with Crippen molar-refractivity contribution >= 4 is 28.4 Å². The number of carboxylic acid groups (broad SMARTS) is 1. The number of nitrogens with one attached hydrogen (secondary N) is 1. The molecule has 0 atom stereocenters. The van der Waals surface area contributed by atoms with Crippen LogP contribution in [0.2, 0.25) is 0 Å². The summed E-state index contributed by atoms with van der Waals surface area (Å²) >= 11 is 0. The van der Waals surface area contributed by atoms with Gasteiger partial charge in [-0.15, -0.1) is 0 Å². The molecular formula is C17H17FN2O5S. The topological polar surface area (TPSA) is 104 Å². The molecule has 26 heavy (non-hydrogen) atoms. The van der Waals surface area contributed by atoms with Gasteiger partial charge in [0.05, 0.1) is 4.90 Å². The number of rotatable bonds is 7. The molecule has 0 bridgehead atoms. The molecule has 0 aromatic heterocycles. The zero-order valence-electron chi connectivity index (χ0n) is 13.6. The third-order valence-corrected chi connectivity index (χ3v) is 4.27. The van der Waals surface area contributed by atoms with Gasteiger partial charge in [0.25, 0.3) is 5.91 Å². The summed E-state index contributed by atoms with van der Waals surface area (Å²) in [5, 5.41) is 11.9. The monoisotopic (exact) mass is 380 g/mol. The smallest absolute Gasteiger partial charge is 0.411 e. The standard InChI is InChI=1S/C17H17FN2O5S/c18-13-4-2-12(3-5-13)16(21)19-10-1-11-20(17(22)23)14-6-8-15(9-7-14)26(24)25/h2-9,26H,1,10-11H2,(H,19,21)(H,22,23). The quantitative estimate of drug-likeness (QED) is 0.504. The minimum atomic E-state index is -2.72. The second-order valence-electron chi connectivity index (χ2n) is 5.32. The molecule has 0 heterocycles. The second-order valence-corrected chi connectivity index (χ2v) is 6.35. The number of amides is 2. The van der Waals surface area contributed by atoms with Gasteiger partial charge in [0.1, 0.15) is 5.82 Å². The van der Waals surface area contributed by atoms with E-state index in [1.807, 2.05) is 0 Å². The van der Waals surface area contributed by atoms with E-state index < -0.39 is 22.6 Å². The molecule has 2 amide bonds. The van der Waals surface area contributed by atoms with E-state index in [1.54, 1.807) is 0 Å². The summed E-state index contributed by atoms with van der Waals surface area (Å²) in [7, 11) is -2.72. The summed E-state index contributed by atoms with van der Waals surface area (Å²) in [5.41, 5.74) is 0.645. The Morgan fingerprint density at radius 2 is 1.65 bits per heavy atom. The van der Waals surface area contributed by atoms with Crippen LogP contribution in [0.15, 0.2) is 53.4 Å². The van der Waals surface area contributed by atoms with Crippen molar-refractivity contribution in [2.24, 2.45) is 0 Å². The minimum Gasteiger partial charge on any atom is -0.465 e. The van der Waals surface area contributed by atoms with Crippen molar-refractivity contribution in [2.75, 3.05) is 18.0 Å². The molecule has 0 aliphatic carbocycles. The lowest BCUT2D eigenvalue weighted by Crippen LogP contribution is -2.33. The van der Waals surface area contributed by atoms with E-state index in [2.05, 4.69) is 5.32 Å². The first-order valence-corrected chi connectivity index (χ1v) is 8.85. The van der Waals surface area contributed by atoms with E-state index in [4.69, 9.17) is 0 Å². The van der Waals surface area contributed by atoms with Crippen molar-refractivity contribution in [3.63, 3.8) is 0 Å². The first kappa shape index (κ1) is 19.4. The van der Waals surface area contributed by atoms with Crippen molar-refractivity contribution < 1.29 is 27.5 Å². The Morgan fingerprint density at radius 3 is 2.19 bits per heavy atom. The van der Waals surface area contributed by atoms with Gasteiger partial charge in [-0.05, 0) is 55.0 Å². The predicted octanol–water partition coefficient (Wildman–Crippen LogP) is 2.10. The van der Waals surface area contributed by atoms with E-state index >= 15 is 0 Å². The number of anilines is 1. The number of halogens is 1. The lowest BCUT2D eigenvalue weighted by molar-refractivity contribution is 0.0953. The molecular weight excluding hydrogens is 363 g/mol. The Kier molecular flexibility index (Phi) is 6.67. The largest absolute Gasteiger partial charge is 0.465 e. The van der Waals surface area contributed by atoms with Crippen molar-refractivity contribution in [2.45, 2.75) is 11.3 Å². The maximum atomic E-state index is 12.8. The van der Waals surface area contributed by atoms with Crippen LogP contribution in [0.5, 0.6) is 0 Å². The Balaban J connectivity index is 1.89. The van der Waals surface area contributed by atoms with Crippen LogP contribution < -0.4 is 10.2 Å². The summed E-state index contributed by atoms with van der Waals surface area (Å²) in [4.78, 5) is 24.4. The van der Waals surface area contributed by atoms with Crippen LogP contribution in [0.1, 0.15) is 16.8 Å². The van der Waals surface area contributed by atoms with Crippen LogP contribution in [0.4, 0.5) is 14.9 Å². The summed E-state index contributed by atoms with van der Waals surface area (Å²) in [6.45, 7) is 0.340. The number of carbonyl (C=O) groups excluding carboxylic acids is 1. The number of benzene rings is 2. The van der Waals surface area contributed by atoms with Crippen LogP contribution in [-0.2, 0) is 10.7 Å². The van der Waals surface area contributed by atoms with Crippen molar-refractivity contribution in [3.05, 3.63) is 59.9 Å². The van der Waals surface area contributed by atoms with Crippen LogP contribution in [0, 0.1) is 5.82 Å². The van der Waals surface area contributed by atoms with Crippen LogP contribution in [0.3, 0.4) is 0 Å². The normalized spacial score (nSPS) is 10.5. The first-order valence-electron chi connectivity index (χ1n) is 7.67. The minimum absolute atomic E-state index is 0.0978. The molecule has 2 aromatic rings. The molecule has 0 fully saturated rings. The first-order chi connectivity index (χ1) is 12.4. The average molecular weight is 380 g/mol. The van der Waals surface area contributed by atoms with Crippen molar-refractivity contribution in [1.82, 2.24) is 5.32 Å². The fourth-order valence-corrected chi connectivity index (χ4v) is 2.62. The van der Waals surface area contributed by atoms with E-state index in [9.17, 15) is 27.5 Å². The van der Waals surface area contributed by atoms with Gasteiger partial charge >= 0.3 is 6.09 Å². The molecule has 2 rings (SSSR count). The van der Waals surface area contributed by atoms with Crippen molar-refractivity contribution in [3.8, 4) is 0 Å². The van der Waals surface area contributed by atoms with Gasteiger partial charge in [-0.3, -0.25) is 9.69 Å². The summed E-state index contributed by atoms with van der Waals surface area (Å²) in [5.74, 6) is -0.818. The zero-order chi connectivity index (χ0) is 19.1. The fraction of sp³-hybridized carbons (Fsp3) is 0.176. The highest BCUT2D eigenvalue weighted by atomic mass is 32.2. The molecule has 0 saturated carbocycles. The zero-order valence-corrected chi connectivity index (χ0v) is 14.5. The maximum Gasteiger partial charge on any atom is 0.411 e. The van der Waals surface area contributed by atoms with Crippen LogP contribution >= 0.6 is 0 Å². The Labute approximate surface area is 151 Å². The van der Waals surface area contributed by atoms with Gasteiger partial charge in [-0.2, -0.15) is 0 Å². The Morgan fingerprint density at radius 1 is 1.04 bits per heavy atom. The molecule has 0 saturated heterocycles. The van der Waals surface area contributed by atoms with Crippen LogP contribution in [-0.4, -0.2) is 38.6 Å². The lowest BCUT2D eigenvalue weighted by atomic mass is 10.2. The molecule has 2 aromatic carbocycles. The van der Waals surface area contributed by atoms with Crippen LogP contribution in [0.25, 0.3) is 0 Å². The van der Waals surface area contributed by atoms with E-state index in [1.165, 1.54) is 48.5 Å². The SMILES string of the molecule is O=C(NCCCN(C(=O)O)c1ccc([SH](=O)=O)cc1)c1ccc(F)cc1. The van der Waals surface area contributed by atoms with Gasteiger partial charge < -0.3 is 10.4 Å².